The number of carboxylic acid groups (broad SMARTS) is 2. The number of aliphatic carboxylic acids is 2. The van der Waals surface area contributed by atoms with Gasteiger partial charge in [0.1, 0.15) is 17.4 Å². The highest BCUT2D eigenvalue weighted by Crippen LogP contribution is 2.12. The predicted octanol–water partition coefficient (Wildman–Crippen LogP) is -0.202. The number of anilines is 2. The number of hydrogen-bond acceptors (Lipinski definition) is 8. The normalized spacial score (nSPS) is 11.5. The molecule has 8 N–H and O–H groups in total. The minimum absolute atomic E-state index is 0.0410. The summed E-state index contributed by atoms with van der Waals surface area (Å²) < 4.78 is 0. The smallest absolute Gasteiger partial charge is 0.326 e. The standard InChI is InChI=1S/C19H21N5O7/c20-15-14(17(29)24-19(21)23-15)12(25)7-3-9-1-4-10(5-2-9)16(28)22-11(18(30)31)6-8-13(26)27/h1-2,4-5,11H,3,6-8H2,(H,22,28)(H,26,27)(H,30,31)(H5,20,21,23,24,29)/t11-/m0/s1. The van der Waals surface area contributed by atoms with E-state index in [1.54, 1.807) is 12.1 Å². The molecule has 0 radical (unpaired) electrons. The number of aromatic nitrogens is 2. The lowest BCUT2D eigenvalue weighted by molar-refractivity contribution is -0.140. The lowest BCUT2D eigenvalue weighted by atomic mass is 10.0. The van der Waals surface area contributed by atoms with Crippen LogP contribution in [0.15, 0.2) is 29.1 Å². The van der Waals surface area contributed by atoms with Gasteiger partial charge in [0.2, 0.25) is 5.95 Å². The first-order valence-corrected chi connectivity index (χ1v) is 9.11. The first-order valence-electron chi connectivity index (χ1n) is 9.11. The van der Waals surface area contributed by atoms with Crippen molar-refractivity contribution in [2.45, 2.75) is 31.7 Å². The number of Topliss-reactive ketones (excluding diaryl/α,β-unsaturated/α-hetero) is 1. The second kappa shape index (κ2) is 10.0. The number of nitrogens with zero attached hydrogens (tertiary/aromatic N) is 1. The number of H-pyrrole nitrogens is 1. The van der Waals surface area contributed by atoms with Gasteiger partial charge in [-0.3, -0.25) is 24.2 Å². The molecule has 0 aliphatic rings. The molecule has 0 aliphatic heterocycles. The number of carboxylic acids is 2. The van der Waals surface area contributed by atoms with Crippen LogP contribution in [-0.4, -0.2) is 49.9 Å². The Morgan fingerprint density at radius 1 is 1.06 bits per heavy atom. The van der Waals surface area contributed by atoms with Crippen LogP contribution in [0.4, 0.5) is 11.8 Å². The van der Waals surface area contributed by atoms with Gasteiger partial charge in [0.25, 0.3) is 11.5 Å². The van der Waals surface area contributed by atoms with Gasteiger partial charge >= 0.3 is 11.9 Å². The third-order valence-corrected chi connectivity index (χ3v) is 4.35. The molecule has 0 saturated carbocycles. The van der Waals surface area contributed by atoms with Crippen LogP contribution >= 0.6 is 0 Å². The van der Waals surface area contributed by atoms with Crippen LogP contribution in [0.1, 0.15) is 45.5 Å². The number of carbonyl (C=O) groups excluding carboxylic acids is 2. The van der Waals surface area contributed by atoms with Crippen molar-refractivity contribution in [3.8, 4) is 0 Å². The minimum Gasteiger partial charge on any atom is -0.481 e. The molecule has 1 atom stereocenters. The SMILES string of the molecule is Nc1nc(N)c(C(=O)CCc2ccc(C(=O)N[C@@H](CCC(=O)O)C(=O)O)cc2)c(=O)[nH]1. The van der Waals surface area contributed by atoms with Crippen molar-refractivity contribution in [1.82, 2.24) is 15.3 Å². The highest BCUT2D eigenvalue weighted by molar-refractivity contribution is 6.00. The molecule has 0 unspecified atom stereocenters. The summed E-state index contributed by atoms with van der Waals surface area (Å²) in [6.07, 6.45) is -0.443. The van der Waals surface area contributed by atoms with Crippen molar-refractivity contribution in [1.29, 1.82) is 0 Å². The van der Waals surface area contributed by atoms with E-state index in [9.17, 15) is 24.0 Å². The summed E-state index contributed by atoms with van der Waals surface area (Å²) in [5.41, 5.74) is 10.8. The van der Waals surface area contributed by atoms with Gasteiger partial charge in [-0.05, 0) is 30.5 Å². The van der Waals surface area contributed by atoms with Gasteiger partial charge in [0.05, 0.1) is 0 Å². The molecule has 12 heteroatoms. The van der Waals surface area contributed by atoms with E-state index in [4.69, 9.17) is 21.7 Å². The average molecular weight is 431 g/mol. The number of ketones is 1. The molecule has 12 nitrogen and oxygen atoms in total. The van der Waals surface area contributed by atoms with E-state index < -0.39 is 41.7 Å². The third-order valence-electron chi connectivity index (χ3n) is 4.35. The minimum atomic E-state index is -1.34. The van der Waals surface area contributed by atoms with Gasteiger partial charge in [0, 0.05) is 18.4 Å². The predicted molar refractivity (Wildman–Crippen MR) is 109 cm³/mol. The van der Waals surface area contributed by atoms with Crippen molar-refractivity contribution in [3.05, 3.63) is 51.3 Å². The van der Waals surface area contributed by atoms with E-state index in [0.29, 0.717) is 5.56 Å². The number of rotatable bonds is 10. The summed E-state index contributed by atoms with van der Waals surface area (Å²) in [4.78, 5) is 64.0. The molecule has 164 valence electrons. The van der Waals surface area contributed by atoms with E-state index in [0.717, 1.165) is 0 Å². The zero-order chi connectivity index (χ0) is 23.1. The molecular weight excluding hydrogens is 410 g/mol. The van der Waals surface area contributed by atoms with Gasteiger partial charge < -0.3 is 27.0 Å². The van der Waals surface area contributed by atoms with E-state index in [1.165, 1.54) is 12.1 Å². The largest absolute Gasteiger partial charge is 0.481 e. The fourth-order valence-electron chi connectivity index (χ4n) is 2.75. The van der Waals surface area contributed by atoms with Crippen molar-refractivity contribution < 1.29 is 29.4 Å². The molecule has 1 aromatic carbocycles. The fraction of sp³-hybridized carbons (Fsp3) is 0.263. The molecule has 0 spiro atoms. The summed E-state index contributed by atoms with van der Waals surface area (Å²) in [6, 6.07) is 4.69. The van der Waals surface area contributed by atoms with Crippen LogP contribution in [0.25, 0.3) is 0 Å². The van der Waals surface area contributed by atoms with Crippen LogP contribution in [0.3, 0.4) is 0 Å². The molecule has 0 saturated heterocycles. The van der Waals surface area contributed by atoms with Gasteiger partial charge in [-0.25, -0.2) is 4.79 Å². The number of nitrogens with one attached hydrogen (secondary N) is 2. The quantitative estimate of drug-likeness (QED) is 0.272. The molecular formula is C19H21N5O7. The summed E-state index contributed by atoms with van der Waals surface area (Å²) in [6.45, 7) is 0. The molecule has 2 rings (SSSR count). The van der Waals surface area contributed by atoms with Crippen molar-refractivity contribution in [2.75, 3.05) is 11.5 Å². The van der Waals surface area contributed by atoms with Gasteiger partial charge in [-0.15, -0.1) is 0 Å². The Hall–Kier alpha value is -4.22. The Morgan fingerprint density at radius 3 is 2.26 bits per heavy atom. The maximum Gasteiger partial charge on any atom is 0.326 e. The first-order chi connectivity index (χ1) is 14.6. The Labute approximate surface area is 175 Å². The third kappa shape index (κ3) is 6.39. The Morgan fingerprint density at radius 2 is 1.71 bits per heavy atom. The van der Waals surface area contributed by atoms with E-state index in [-0.39, 0.29) is 42.2 Å². The molecule has 0 aliphatic carbocycles. The Balaban J connectivity index is 1.99. The van der Waals surface area contributed by atoms with Crippen LogP contribution in [-0.2, 0) is 16.0 Å². The Kier molecular flexibility index (Phi) is 7.44. The highest BCUT2D eigenvalue weighted by Gasteiger charge is 2.22. The van der Waals surface area contributed by atoms with Gasteiger partial charge in [-0.1, -0.05) is 12.1 Å². The summed E-state index contributed by atoms with van der Waals surface area (Å²) in [5, 5.41) is 20.0. The number of amides is 1. The molecule has 0 bridgehead atoms. The monoisotopic (exact) mass is 431 g/mol. The molecule has 1 amide bonds. The van der Waals surface area contributed by atoms with Crippen LogP contribution < -0.4 is 22.3 Å². The van der Waals surface area contributed by atoms with E-state index in [2.05, 4.69) is 15.3 Å². The van der Waals surface area contributed by atoms with Crippen LogP contribution in [0, 0.1) is 0 Å². The Bertz CT molecular complexity index is 1060. The maximum atomic E-state index is 12.3. The van der Waals surface area contributed by atoms with Crippen molar-refractivity contribution in [3.63, 3.8) is 0 Å². The molecule has 1 aromatic heterocycles. The number of aryl methyl sites for hydroxylation is 1. The number of carbonyl (C=O) groups is 4. The number of hydrogen-bond donors (Lipinski definition) is 6. The highest BCUT2D eigenvalue weighted by atomic mass is 16.4. The van der Waals surface area contributed by atoms with Gasteiger partial charge in [0.15, 0.2) is 5.78 Å². The lowest BCUT2D eigenvalue weighted by Crippen LogP contribution is -2.41. The first kappa shape index (κ1) is 23.1. The van der Waals surface area contributed by atoms with E-state index >= 15 is 0 Å². The van der Waals surface area contributed by atoms with Crippen LogP contribution in [0.2, 0.25) is 0 Å². The topological polar surface area (TPSA) is 219 Å². The van der Waals surface area contributed by atoms with Crippen molar-refractivity contribution >= 4 is 35.4 Å². The van der Waals surface area contributed by atoms with Gasteiger partial charge in [-0.2, -0.15) is 4.98 Å². The molecule has 0 fully saturated rings. The number of aromatic amines is 1. The molecule has 2 aromatic rings. The van der Waals surface area contributed by atoms with Crippen LogP contribution in [0.5, 0.6) is 0 Å². The number of benzene rings is 1. The molecule has 1 heterocycles. The molecule has 31 heavy (non-hydrogen) atoms. The summed E-state index contributed by atoms with van der Waals surface area (Å²) in [7, 11) is 0. The summed E-state index contributed by atoms with van der Waals surface area (Å²) in [5.74, 6) is -4.15. The maximum absolute atomic E-state index is 12.3. The second-order valence-corrected chi connectivity index (χ2v) is 6.63. The number of nitrogens with two attached hydrogens (primary N) is 2. The summed E-state index contributed by atoms with van der Waals surface area (Å²) >= 11 is 0. The zero-order valence-corrected chi connectivity index (χ0v) is 16.3. The fourth-order valence-corrected chi connectivity index (χ4v) is 2.75. The van der Waals surface area contributed by atoms with Crippen molar-refractivity contribution in [2.24, 2.45) is 0 Å². The second-order valence-electron chi connectivity index (χ2n) is 6.63. The lowest BCUT2D eigenvalue weighted by Gasteiger charge is -2.13. The van der Waals surface area contributed by atoms with E-state index in [1.807, 2.05) is 0 Å². The zero-order valence-electron chi connectivity index (χ0n) is 16.3. The number of nitrogen functional groups attached to an aromatic ring is 2. The average Bonchev–Trinajstić information content (AvgIpc) is 2.68.